The van der Waals surface area contributed by atoms with Gasteiger partial charge in [-0.1, -0.05) is 0 Å². The molecule has 18 heavy (non-hydrogen) atoms. The van der Waals surface area contributed by atoms with E-state index in [1.165, 1.54) is 20.0 Å². The van der Waals surface area contributed by atoms with Crippen molar-refractivity contribution in [3.05, 3.63) is 24.0 Å². The van der Waals surface area contributed by atoms with Crippen molar-refractivity contribution in [2.45, 2.75) is 25.3 Å². The summed E-state index contributed by atoms with van der Waals surface area (Å²) in [6.45, 7) is 1.78. The van der Waals surface area contributed by atoms with E-state index in [1.807, 2.05) is 0 Å². The highest BCUT2D eigenvalue weighted by Crippen LogP contribution is 2.15. The van der Waals surface area contributed by atoms with Crippen LogP contribution in [-0.2, 0) is 0 Å². The Morgan fingerprint density at radius 3 is 3.28 bits per heavy atom. The molecule has 2 rings (SSSR count). The molecule has 1 aromatic rings. The lowest BCUT2D eigenvalue weighted by atomic mass is 10.1. The van der Waals surface area contributed by atoms with Gasteiger partial charge in [0.15, 0.2) is 0 Å². The summed E-state index contributed by atoms with van der Waals surface area (Å²) in [5.74, 6) is 0.404. The van der Waals surface area contributed by atoms with E-state index in [4.69, 9.17) is 4.74 Å². The van der Waals surface area contributed by atoms with Crippen molar-refractivity contribution < 1.29 is 9.53 Å². The number of carbonyl (C=O) groups excluding carboxylic acids is 1. The Morgan fingerprint density at radius 1 is 1.67 bits per heavy atom. The third kappa shape index (κ3) is 3.20. The van der Waals surface area contributed by atoms with E-state index >= 15 is 0 Å². The highest BCUT2D eigenvalue weighted by molar-refractivity contribution is 5.96. The molecule has 1 saturated heterocycles. The molecule has 0 bridgehead atoms. The van der Waals surface area contributed by atoms with Crippen LogP contribution in [0.2, 0.25) is 0 Å². The number of carbonyl (C=O) groups is 1. The van der Waals surface area contributed by atoms with Gasteiger partial charge in [0.05, 0.1) is 18.9 Å². The van der Waals surface area contributed by atoms with E-state index in [0.29, 0.717) is 23.9 Å². The monoisotopic (exact) mass is 249 g/mol. The first-order valence-electron chi connectivity index (χ1n) is 6.31. The predicted octanol–water partition coefficient (Wildman–Crippen LogP) is 0.962. The Bertz CT molecular complexity index is 403. The number of nitrogens with one attached hydrogen (secondary N) is 2. The molecule has 1 aliphatic rings. The summed E-state index contributed by atoms with van der Waals surface area (Å²) >= 11 is 0. The maximum absolute atomic E-state index is 12.0. The van der Waals surface area contributed by atoms with Gasteiger partial charge in [-0.25, -0.2) is 0 Å². The van der Waals surface area contributed by atoms with Crippen LogP contribution in [0.5, 0.6) is 5.75 Å². The topological polar surface area (TPSA) is 63.2 Å². The second kappa shape index (κ2) is 6.35. The molecule has 1 aliphatic heterocycles. The van der Waals surface area contributed by atoms with Crippen LogP contribution in [0.3, 0.4) is 0 Å². The van der Waals surface area contributed by atoms with Crippen LogP contribution in [0.4, 0.5) is 0 Å². The third-order valence-corrected chi connectivity index (χ3v) is 3.19. The Kier molecular flexibility index (Phi) is 4.52. The van der Waals surface area contributed by atoms with E-state index in [2.05, 4.69) is 15.6 Å². The van der Waals surface area contributed by atoms with Gasteiger partial charge in [0.1, 0.15) is 5.75 Å². The molecule has 5 heteroatoms. The Balaban J connectivity index is 1.83. The van der Waals surface area contributed by atoms with Crippen molar-refractivity contribution >= 4 is 5.91 Å². The lowest BCUT2D eigenvalue weighted by molar-refractivity contribution is 0.0949. The fraction of sp³-hybridized carbons (Fsp3) is 0.538. The summed E-state index contributed by atoms with van der Waals surface area (Å²) in [4.78, 5) is 15.9. The highest BCUT2D eigenvalue weighted by Gasteiger charge is 2.15. The van der Waals surface area contributed by atoms with Gasteiger partial charge < -0.3 is 15.4 Å². The minimum atomic E-state index is -0.104. The Hall–Kier alpha value is -1.62. The lowest BCUT2D eigenvalue weighted by Crippen LogP contribution is -2.30. The number of pyridine rings is 1. The molecule has 1 fully saturated rings. The molecule has 1 unspecified atom stereocenters. The van der Waals surface area contributed by atoms with Crippen molar-refractivity contribution in [1.29, 1.82) is 0 Å². The van der Waals surface area contributed by atoms with Crippen LogP contribution in [0, 0.1) is 0 Å². The first-order valence-corrected chi connectivity index (χ1v) is 6.31. The number of hydrogen-bond donors (Lipinski definition) is 2. The average molecular weight is 249 g/mol. The van der Waals surface area contributed by atoms with Crippen molar-refractivity contribution in [3.8, 4) is 5.75 Å². The summed E-state index contributed by atoms with van der Waals surface area (Å²) in [6.07, 6.45) is 6.55. The van der Waals surface area contributed by atoms with E-state index in [1.54, 1.807) is 18.5 Å². The average Bonchev–Trinajstić information content (AvgIpc) is 2.91. The normalized spacial score (nSPS) is 18.6. The fourth-order valence-electron chi connectivity index (χ4n) is 2.19. The van der Waals surface area contributed by atoms with E-state index in [0.717, 1.165) is 13.0 Å². The molecular formula is C13H19N3O2. The standard InChI is InChI=1S/C13H19N3O2/c1-18-12-9-14-7-5-11(12)13(17)16-8-4-10-3-2-6-15-10/h5,7,9-10,15H,2-4,6,8H2,1H3,(H,16,17). The van der Waals surface area contributed by atoms with Crippen molar-refractivity contribution in [2.24, 2.45) is 0 Å². The van der Waals surface area contributed by atoms with E-state index < -0.39 is 0 Å². The number of hydrogen-bond acceptors (Lipinski definition) is 4. The zero-order valence-corrected chi connectivity index (χ0v) is 10.6. The van der Waals surface area contributed by atoms with Gasteiger partial charge in [-0.3, -0.25) is 9.78 Å². The number of amides is 1. The second-order valence-electron chi connectivity index (χ2n) is 4.41. The van der Waals surface area contributed by atoms with Crippen molar-refractivity contribution in [2.75, 3.05) is 20.2 Å². The van der Waals surface area contributed by atoms with Crippen LogP contribution >= 0.6 is 0 Å². The summed E-state index contributed by atoms with van der Waals surface area (Å²) in [7, 11) is 1.54. The molecule has 0 radical (unpaired) electrons. The molecule has 98 valence electrons. The number of methoxy groups -OCH3 is 1. The van der Waals surface area contributed by atoms with Crippen LogP contribution in [0.1, 0.15) is 29.6 Å². The number of nitrogens with zero attached hydrogens (tertiary/aromatic N) is 1. The first kappa shape index (κ1) is 12.8. The van der Waals surface area contributed by atoms with Crippen LogP contribution in [-0.4, -0.2) is 37.1 Å². The lowest BCUT2D eigenvalue weighted by Gasteiger charge is -2.11. The largest absolute Gasteiger partial charge is 0.494 e. The van der Waals surface area contributed by atoms with Gasteiger partial charge in [-0.05, 0) is 31.9 Å². The minimum absolute atomic E-state index is 0.104. The maximum Gasteiger partial charge on any atom is 0.255 e. The molecule has 5 nitrogen and oxygen atoms in total. The van der Waals surface area contributed by atoms with Gasteiger partial charge in [0, 0.05) is 18.8 Å². The van der Waals surface area contributed by atoms with Crippen LogP contribution in [0.25, 0.3) is 0 Å². The van der Waals surface area contributed by atoms with Crippen molar-refractivity contribution in [1.82, 2.24) is 15.6 Å². The number of ether oxygens (including phenoxy) is 1. The molecule has 2 heterocycles. The first-order chi connectivity index (χ1) is 8.81. The zero-order valence-electron chi connectivity index (χ0n) is 10.6. The van der Waals surface area contributed by atoms with Crippen molar-refractivity contribution in [3.63, 3.8) is 0 Å². The van der Waals surface area contributed by atoms with Crippen LogP contribution < -0.4 is 15.4 Å². The van der Waals surface area contributed by atoms with Gasteiger partial charge in [0.2, 0.25) is 0 Å². The minimum Gasteiger partial charge on any atom is -0.494 e. The highest BCUT2D eigenvalue weighted by atomic mass is 16.5. The maximum atomic E-state index is 12.0. The van der Waals surface area contributed by atoms with Gasteiger partial charge >= 0.3 is 0 Å². The molecule has 0 spiro atoms. The quantitative estimate of drug-likeness (QED) is 0.816. The fourth-order valence-corrected chi connectivity index (χ4v) is 2.19. The second-order valence-corrected chi connectivity index (χ2v) is 4.41. The number of rotatable bonds is 5. The molecule has 0 aromatic carbocycles. The molecule has 0 saturated carbocycles. The summed E-state index contributed by atoms with van der Waals surface area (Å²) in [5, 5.41) is 6.32. The van der Waals surface area contributed by atoms with E-state index in [-0.39, 0.29) is 5.91 Å². The Morgan fingerprint density at radius 2 is 2.56 bits per heavy atom. The number of aromatic nitrogens is 1. The molecule has 0 aliphatic carbocycles. The molecule has 1 amide bonds. The smallest absolute Gasteiger partial charge is 0.255 e. The van der Waals surface area contributed by atoms with Gasteiger partial charge in [-0.2, -0.15) is 0 Å². The molecule has 1 atom stereocenters. The summed E-state index contributed by atoms with van der Waals surface area (Å²) < 4.78 is 5.11. The van der Waals surface area contributed by atoms with Crippen LogP contribution in [0.15, 0.2) is 18.5 Å². The SMILES string of the molecule is COc1cnccc1C(=O)NCCC1CCCN1. The third-order valence-electron chi connectivity index (χ3n) is 3.19. The Labute approximate surface area is 107 Å². The molecule has 1 aromatic heterocycles. The zero-order chi connectivity index (χ0) is 12.8. The van der Waals surface area contributed by atoms with Gasteiger partial charge in [-0.15, -0.1) is 0 Å². The predicted molar refractivity (Wildman–Crippen MR) is 68.8 cm³/mol. The molecular weight excluding hydrogens is 230 g/mol. The summed E-state index contributed by atoms with van der Waals surface area (Å²) in [5.41, 5.74) is 0.534. The van der Waals surface area contributed by atoms with Gasteiger partial charge in [0.25, 0.3) is 5.91 Å². The van der Waals surface area contributed by atoms with E-state index in [9.17, 15) is 4.79 Å². The molecule has 2 N–H and O–H groups in total. The summed E-state index contributed by atoms with van der Waals surface area (Å²) in [6, 6.07) is 2.21.